The van der Waals surface area contributed by atoms with E-state index in [-0.39, 0.29) is 17.3 Å². The zero-order valence-corrected chi connectivity index (χ0v) is 18.6. The first kappa shape index (κ1) is 20.1. The second kappa shape index (κ2) is 7.81. The van der Waals surface area contributed by atoms with Crippen molar-refractivity contribution in [2.45, 2.75) is 13.5 Å². The Morgan fingerprint density at radius 3 is 2.09 bits per heavy atom. The number of nitrogens with zero attached hydrogens (tertiary/aromatic N) is 2. The summed E-state index contributed by atoms with van der Waals surface area (Å²) >= 11 is 0. The number of aromatic nitrogens is 2. The van der Waals surface area contributed by atoms with Crippen LogP contribution in [0.2, 0.25) is 0 Å². The smallest absolute Gasteiger partial charge is 0.273 e. The highest BCUT2D eigenvalue weighted by atomic mass is 16.4. The van der Waals surface area contributed by atoms with E-state index in [4.69, 9.17) is 4.42 Å². The molecule has 0 unspecified atom stereocenters. The molecule has 164 valence electrons. The lowest BCUT2D eigenvalue weighted by atomic mass is 9.87. The Hall–Kier alpha value is -4.51. The molecule has 0 saturated carbocycles. The topological polar surface area (TPSA) is 56.1 Å². The Kier molecular flexibility index (Phi) is 4.62. The predicted octanol–water partition coefficient (Wildman–Crippen LogP) is 5.48. The minimum Gasteiger partial charge on any atom is -0.430 e. The molecule has 5 heteroatoms. The molecule has 2 aromatic heterocycles. The summed E-state index contributed by atoms with van der Waals surface area (Å²) in [4.78, 5) is 27.0. The number of benzene rings is 3. The third kappa shape index (κ3) is 2.90. The van der Waals surface area contributed by atoms with E-state index >= 15 is 0 Å². The van der Waals surface area contributed by atoms with Crippen molar-refractivity contribution < 1.29 is 18.7 Å². The van der Waals surface area contributed by atoms with E-state index in [1.807, 2.05) is 84.4 Å². The van der Waals surface area contributed by atoms with Crippen molar-refractivity contribution in [3.63, 3.8) is 0 Å². The average molecular weight is 445 g/mol. The fourth-order valence-corrected chi connectivity index (χ4v) is 4.71. The van der Waals surface area contributed by atoms with Crippen molar-refractivity contribution in [3.8, 4) is 5.69 Å². The van der Waals surface area contributed by atoms with Crippen LogP contribution in [0.5, 0.6) is 0 Å². The van der Waals surface area contributed by atoms with Gasteiger partial charge in [-0.2, -0.15) is 0 Å². The fraction of sp³-hybridized carbons (Fsp3) is 0.0690. The molecule has 1 aliphatic carbocycles. The quantitative estimate of drug-likeness (QED) is 0.338. The van der Waals surface area contributed by atoms with Gasteiger partial charge in [0.25, 0.3) is 5.71 Å². The van der Waals surface area contributed by atoms with Crippen LogP contribution in [-0.4, -0.2) is 16.2 Å². The van der Waals surface area contributed by atoms with E-state index in [2.05, 4.69) is 4.68 Å². The molecule has 0 radical (unpaired) electrons. The second-order valence-corrected chi connectivity index (χ2v) is 8.18. The lowest BCUT2D eigenvalue weighted by Crippen LogP contribution is -2.43. The summed E-state index contributed by atoms with van der Waals surface area (Å²) in [6, 6.07) is 26.7. The number of furan rings is 1. The molecule has 0 saturated heterocycles. The summed E-state index contributed by atoms with van der Waals surface area (Å²) in [5.74, 6) is -0.343. The predicted molar refractivity (Wildman–Crippen MR) is 130 cm³/mol. The monoisotopic (exact) mass is 445 g/mol. The van der Waals surface area contributed by atoms with Gasteiger partial charge in [-0.05, 0) is 30.7 Å². The molecule has 0 fully saturated rings. The Bertz CT molecular complexity index is 1610. The fourth-order valence-electron chi connectivity index (χ4n) is 4.71. The number of carbonyl (C=O) groups excluding carboxylic acids is 2. The van der Waals surface area contributed by atoms with Crippen molar-refractivity contribution >= 4 is 34.8 Å². The Morgan fingerprint density at radius 2 is 1.41 bits per heavy atom. The first-order valence-electron chi connectivity index (χ1n) is 11.3. The first-order chi connectivity index (χ1) is 16.7. The molecule has 0 amide bonds. The number of hydrogen-bond donors (Lipinski definition) is 0. The van der Waals surface area contributed by atoms with E-state index in [0.29, 0.717) is 34.3 Å². The molecular weight excluding hydrogens is 424 g/mol. The van der Waals surface area contributed by atoms with Crippen LogP contribution in [0.25, 0.3) is 28.9 Å². The average Bonchev–Trinajstić information content (AvgIpc) is 3.42. The Balaban J connectivity index is 1.69. The number of carbonyl (C=O) groups is 2. The van der Waals surface area contributed by atoms with Crippen molar-refractivity contribution in [3.05, 3.63) is 119 Å². The Morgan fingerprint density at radius 1 is 0.794 bits per heavy atom. The summed E-state index contributed by atoms with van der Waals surface area (Å²) in [5.41, 5.74) is 4.36. The first-order valence-corrected chi connectivity index (χ1v) is 11.3. The highest BCUT2D eigenvalue weighted by Crippen LogP contribution is 2.37. The van der Waals surface area contributed by atoms with E-state index in [0.717, 1.165) is 16.9 Å². The van der Waals surface area contributed by atoms with Crippen molar-refractivity contribution in [2.75, 3.05) is 0 Å². The number of ketones is 2. The van der Waals surface area contributed by atoms with Gasteiger partial charge in [0.1, 0.15) is 11.1 Å². The third-order valence-electron chi connectivity index (χ3n) is 6.24. The molecule has 6 rings (SSSR count). The molecule has 0 bridgehead atoms. The second-order valence-electron chi connectivity index (χ2n) is 8.18. The molecule has 2 heterocycles. The van der Waals surface area contributed by atoms with Gasteiger partial charge in [0, 0.05) is 17.2 Å². The van der Waals surface area contributed by atoms with Crippen LogP contribution in [0, 0.1) is 0 Å². The summed E-state index contributed by atoms with van der Waals surface area (Å²) in [6.07, 6.45) is 4.01. The molecule has 0 atom stereocenters. The highest BCUT2D eigenvalue weighted by Gasteiger charge is 2.40. The van der Waals surface area contributed by atoms with Crippen molar-refractivity contribution in [1.82, 2.24) is 4.68 Å². The zero-order chi connectivity index (χ0) is 23.2. The van der Waals surface area contributed by atoms with Gasteiger partial charge in [-0.15, -0.1) is 0 Å². The lowest BCUT2D eigenvalue weighted by Gasteiger charge is -2.12. The maximum atomic E-state index is 13.6. The van der Waals surface area contributed by atoms with Gasteiger partial charge < -0.3 is 4.42 Å². The highest BCUT2D eigenvalue weighted by molar-refractivity contribution is 6.31. The van der Waals surface area contributed by atoms with Gasteiger partial charge in [-0.25, -0.2) is 0 Å². The molecule has 0 N–H and O–H groups in total. The van der Waals surface area contributed by atoms with Gasteiger partial charge in [-0.3, -0.25) is 9.59 Å². The SMILES string of the molecule is CC[n+]1c(/C=C/c2ccccc2)c2c3c(oc2n1-c1ccccc1)C(=O)c1ccccc1C3=O. The molecular formula is C29H21N2O3+. The summed E-state index contributed by atoms with van der Waals surface area (Å²) < 4.78 is 10.2. The normalized spacial score (nSPS) is 13.0. The molecule has 0 aliphatic heterocycles. The van der Waals surface area contributed by atoms with Crippen LogP contribution in [-0.2, 0) is 6.54 Å². The molecule has 1 aliphatic rings. The van der Waals surface area contributed by atoms with Crippen LogP contribution in [0.3, 0.4) is 0 Å². The molecule has 0 spiro atoms. The summed E-state index contributed by atoms with van der Waals surface area (Å²) in [6.45, 7) is 2.69. The van der Waals surface area contributed by atoms with Crippen LogP contribution in [0.4, 0.5) is 0 Å². The Labute approximate surface area is 196 Å². The van der Waals surface area contributed by atoms with Gasteiger partial charge in [0.15, 0.2) is 18.1 Å². The molecule has 5 aromatic rings. The van der Waals surface area contributed by atoms with E-state index < -0.39 is 0 Å². The van der Waals surface area contributed by atoms with Crippen molar-refractivity contribution in [1.29, 1.82) is 0 Å². The zero-order valence-electron chi connectivity index (χ0n) is 18.6. The van der Waals surface area contributed by atoms with Gasteiger partial charge in [0.2, 0.25) is 11.5 Å². The molecule has 34 heavy (non-hydrogen) atoms. The van der Waals surface area contributed by atoms with Gasteiger partial charge in [-0.1, -0.05) is 82.2 Å². The number of fused-ring (bicyclic) bond motifs is 4. The number of hydrogen-bond acceptors (Lipinski definition) is 3. The minimum atomic E-state index is -0.262. The van der Waals surface area contributed by atoms with Gasteiger partial charge >= 0.3 is 0 Å². The molecule has 5 nitrogen and oxygen atoms in total. The summed E-state index contributed by atoms with van der Waals surface area (Å²) in [5, 5.41) is 0.653. The minimum absolute atomic E-state index is 0.107. The summed E-state index contributed by atoms with van der Waals surface area (Å²) in [7, 11) is 0. The maximum absolute atomic E-state index is 13.6. The number of rotatable bonds is 4. The van der Waals surface area contributed by atoms with E-state index in [9.17, 15) is 9.59 Å². The van der Waals surface area contributed by atoms with Crippen LogP contribution in [0.1, 0.15) is 50.2 Å². The van der Waals surface area contributed by atoms with Crippen LogP contribution >= 0.6 is 0 Å². The maximum Gasteiger partial charge on any atom is 0.273 e. The van der Waals surface area contributed by atoms with Crippen LogP contribution in [0.15, 0.2) is 89.3 Å². The van der Waals surface area contributed by atoms with Gasteiger partial charge in [0.05, 0.1) is 5.56 Å². The van der Waals surface area contributed by atoms with Crippen molar-refractivity contribution in [2.24, 2.45) is 0 Å². The largest absolute Gasteiger partial charge is 0.430 e. The molecule has 3 aromatic carbocycles. The van der Waals surface area contributed by atoms with Crippen LogP contribution < -0.4 is 4.68 Å². The lowest BCUT2D eigenvalue weighted by molar-refractivity contribution is -0.763. The van der Waals surface area contributed by atoms with E-state index in [1.54, 1.807) is 24.3 Å². The third-order valence-corrected chi connectivity index (χ3v) is 6.24. The standard InChI is InChI=1S/C29H21N2O3/c1-2-30-23(18-17-19-11-5-3-6-12-19)24-25-26(32)21-15-9-10-16-22(21)27(33)28(25)34-29(24)31(30)20-13-7-4-8-14-20/h3-18H,2H2,1H3/q+1/b18-17+. The van der Waals surface area contributed by atoms with E-state index in [1.165, 1.54) is 0 Å². The number of para-hydroxylation sites is 1.